The molecule has 0 radical (unpaired) electrons. The molecule has 0 aliphatic rings. The zero-order valence-electron chi connectivity index (χ0n) is 11.3. The summed E-state index contributed by atoms with van der Waals surface area (Å²) in [5.41, 5.74) is 3.42. The summed E-state index contributed by atoms with van der Waals surface area (Å²) in [5.74, 6) is 7.43. The molecule has 0 saturated heterocycles. The van der Waals surface area contributed by atoms with Crippen LogP contribution in [0.4, 0.5) is 11.6 Å². The van der Waals surface area contributed by atoms with Crippen LogP contribution in [0.15, 0.2) is 18.6 Å². The van der Waals surface area contributed by atoms with Crippen molar-refractivity contribution < 1.29 is 0 Å². The number of nitrogens with two attached hydrogens (primary N) is 1. The fourth-order valence-electron chi connectivity index (χ4n) is 1.86. The first-order valence-corrected chi connectivity index (χ1v) is 6.07. The first kappa shape index (κ1) is 12.6. The van der Waals surface area contributed by atoms with Gasteiger partial charge in [0.25, 0.3) is 0 Å². The molecular formula is C12H20N6. The lowest BCUT2D eigenvalue weighted by atomic mass is 10.1. The van der Waals surface area contributed by atoms with Crippen LogP contribution in [0.1, 0.15) is 20.8 Å². The fourth-order valence-corrected chi connectivity index (χ4v) is 1.86. The first-order valence-electron chi connectivity index (χ1n) is 6.07. The molecule has 1 atom stereocenters. The van der Waals surface area contributed by atoms with Gasteiger partial charge in [-0.2, -0.15) is 0 Å². The number of fused-ring (bicyclic) bond motifs is 1. The highest BCUT2D eigenvalue weighted by Gasteiger charge is 2.18. The molecule has 2 aromatic heterocycles. The minimum Gasteiger partial charge on any atom is -0.354 e. The van der Waals surface area contributed by atoms with Gasteiger partial charge in [-0.15, -0.1) is 0 Å². The number of nitrogen functional groups attached to an aromatic ring is 1. The average Bonchev–Trinajstić information content (AvgIpc) is 2.83. The third-order valence-electron chi connectivity index (χ3n) is 3.41. The summed E-state index contributed by atoms with van der Waals surface area (Å²) < 4.78 is 1.92. The monoisotopic (exact) mass is 248 g/mol. The van der Waals surface area contributed by atoms with Crippen LogP contribution in [-0.4, -0.2) is 27.5 Å². The van der Waals surface area contributed by atoms with E-state index in [1.54, 1.807) is 6.20 Å². The minimum absolute atomic E-state index is 0.367. The summed E-state index contributed by atoms with van der Waals surface area (Å²) in [6, 6.07) is 0.367. The lowest BCUT2D eigenvalue weighted by Crippen LogP contribution is -2.34. The number of rotatable bonds is 4. The number of hydrogen-bond donors (Lipinski definition) is 2. The number of nitrogens with zero attached hydrogens (tertiary/aromatic N) is 4. The largest absolute Gasteiger partial charge is 0.354 e. The van der Waals surface area contributed by atoms with Crippen LogP contribution in [0.3, 0.4) is 0 Å². The van der Waals surface area contributed by atoms with Gasteiger partial charge in [0.15, 0.2) is 17.3 Å². The Kier molecular flexibility index (Phi) is 3.38. The van der Waals surface area contributed by atoms with Crippen molar-refractivity contribution in [3.63, 3.8) is 0 Å². The lowest BCUT2D eigenvalue weighted by molar-refractivity contribution is 0.503. The highest BCUT2D eigenvalue weighted by Crippen LogP contribution is 2.23. The van der Waals surface area contributed by atoms with E-state index in [2.05, 4.69) is 41.1 Å². The third-order valence-corrected chi connectivity index (χ3v) is 3.41. The summed E-state index contributed by atoms with van der Waals surface area (Å²) in [6.07, 6.45) is 5.46. The van der Waals surface area contributed by atoms with Crippen LogP contribution >= 0.6 is 0 Å². The molecule has 6 nitrogen and oxygen atoms in total. The lowest BCUT2D eigenvalue weighted by Gasteiger charge is -2.29. The van der Waals surface area contributed by atoms with Gasteiger partial charge in [0, 0.05) is 25.5 Å². The molecule has 0 aromatic carbocycles. The Morgan fingerprint density at radius 2 is 2.11 bits per heavy atom. The summed E-state index contributed by atoms with van der Waals surface area (Å²) >= 11 is 0. The van der Waals surface area contributed by atoms with Gasteiger partial charge in [-0.1, -0.05) is 13.8 Å². The zero-order valence-corrected chi connectivity index (χ0v) is 11.3. The molecule has 0 aliphatic heterocycles. The smallest absolute Gasteiger partial charge is 0.180 e. The first-order chi connectivity index (χ1) is 8.54. The van der Waals surface area contributed by atoms with Crippen molar-refractivity contribution in [1.29, 1.82) is 0 Å². The quantitative estimate of drug-likeness (QED) is 0.633. The molecule has 98 valence electrons. The second kappa shape index (κ2) is 4.81. The van der Waals surface area contributed by atoms with Gasteiger partial charge in [-0.3, -0.25) is 0 Å². The summed E-state index contributed by atoms with van der Waals surface area (Å²) in [4.78, 5) is 11.0. The topological polar surface area (TPSA) is 71.5 Å². The van der Waals surface area contributed by atoms with Crippen molar-refractivity contribution in [1.82, 2.24) is 14.4 Å². The maximum absolute atomic E-state index is 5.45. The van der Waals surface area contributed by atoms with Gasteiger partial charge < -0.3 is 14.7 Å². The van der Waals surface area contributed by atoms with Crippen LogP contribution in [0, 0.1) is 5.92 Å². The second-order valence-electron chi connectivity index (χ2n) is 4.85. The highest BCUT2D eigenvalue weighted by molar-refractivity contribution is 5.66. The number of nitrogens with one attached hydrogen (secondary N) is 1. The number of aromatic nitrogens is 3. The molecule has 0 amide bonds. The Morgan fingerprint density at radius 3 is 2.72 bits per heavy atom. The average molecular weight is 248 g/mol. The number of hydrogen-bond acceptors (Lipinski definition) is 5. The van der Waals surface area contributed by atoms with Crippen molar-refractivity contribution in [2.24, 2.45) is 11.8 Å². The van der Waals surface area contributed by atoms with E-state index in [4.69, 9.17) is 5.84 Å². The van der Waals surface area contributed by atoms with Crippen molar-refractivity contribution in [3.8, 4) is 0 Å². The van der Waals surface area contributed by atoms with Gasteiger partial charge in [-0.25, -0.2) is 15.8 Å². The van der Waals surface area contributed by atoms with Gasteiger partial charge in [0.2, 0.25) is 0 Å². The Bertz CT molecular complexity index is 532. The zero-order chi connectivity index (χ0) is 13.3. The van der Waals surface area contributed by atoms with Crippen molar-refractivity contribution >= 4 is 17.3 Å². The molecule has 2 aromatic rings. The Morgan fingerprint density at radius 1 is 1.39 bits per heavy atom. The van der Waals surface area contributed by atoms with Crippen LogP contribution < -0.4 is 16.2 Å². The van der Waals surface area contributed by atoms with E-state index < -0.39 is 0 Å². The number of anilines is 2. The predicted molar refractivity (Wildman–Crippen MR) is 73.5 cm³/mol. The molecule has 18 heavy (non-hydrogen) atoms. The molecule has 0 aliphatic carbocycles. The molecule has 0 bridgehead atoms. The van der Waals surface area contributed by atoms with E-state index in [0.29, 0.717) is 17.8 Å². The molecule has 6 heteroatoms. The predicted octanol–water partition coefficient (Wildman–Crippen LogP) is 1.50. The Hall–Kier alpha value is -1.82. The van der Waals surface area contributed by atoms with Crippen molar-refractivity contribution in [2.45, 2.75) is 26.8 Å². The molecule has 1 unspecified atom stereocenters. The van der Waals surface area contributed by atoms with Gasteiger partial charge in [-0.05, 0) is 12.8 Å². The summed E-state index contributed by atoms with van der Waals surface area (Å²) in [7, 11) is 2.03. The van der Waals surface area contributed by atoms with E-state index >= 15 is 0 Å². The van der Waals surface area contributed by atoms with E-state index in [9.17, 15) is 0 Å². The number of hydrazine groups is 1. The third kappa shape index (κ3) is 2.11. The van der Waals surface area contributed by atoms with Crippen LogP contribution in [-0.2, 0) is 0 Å². The maximum atomic E-state index is 5.45. The molecule has 2 rings (SSSR count). The fraction of sp³-hybridized carbons (Fsp3) is 0.500. The van der Waals surface area contributed by atoms with Crippen molar-refractivity contribution in [3.05, 3.63) is 18.6 Å². The second-order valence-corrected chi connectivity index (χ2v) is 4.85. The normalized spacial score (nSPS) is 13.0. The van der Waals surface area contributed by atoms with Crippen LogP contribution in [0.2, 0.25) is 0 Å². The van der Waals surface area contributed by atoms with Gasteiger partial charge in [0.05, 0.1) is 6.20 Å². The molecule has 3 N–H and O–H groups in total. The van der Waals surface area contributed by atoms with E-state index in [1.165, 1.54) is 0 Å². The Labute approximate surface area is 107 Å². The molecule has 2 heterocycles. The summed E-state index contributed by atoms with van der Waals surface area (Å²) in [6.45, 7) is 6.55. The van der Waals surface area contributed by atoms with Gasteiger partial charge in [0.1, 0.15) is 0 Å². The number of imidazole rings is 1. The van der Waals surface area contributed by atoms with E-state index in [0.717, 1.165) is 11.5 Å². The van der Waals surface area contributed by atoms with E-state index in [1.807, 2.05) is 23.8 Å². The van der Waals surface area contributed by atoms with Crippen LogP contribution in [0.5, 0.6) is 0 Å². The van der Waals surface area contributed by atoms with Crippen LogP contribution in [0.25, 0.3) is 5.65 Å². The molecular weight excluding hydrogens is 228 g/mol. The SMILES string of the molecule is CC(C)C(C)N(C)c1nc(NN)cn2ccnc12. The Balaban J connectivity index is 2.51. The maximum Gasteiger partial charge on any atom is 0.180 e. The van der Waals surface area contributed by atoms with Gasteiger partial charge >= 0.3 is 0 Å². The minimum atomic E-state index is 0.367. The summed E-state index contributed by atoms with van der Waals surface area (Å²) in [5, 5.41) is 0. The molecule has 0 fully saturated rings. The highest BCUT2D eigenvalue weighted by atomic mass is 15.3. The van der Waals surface area contributed by atoms with Crippen molar-refractivity contribution in [2.75, 3.05) is 17.4 Å². The molecule has 0 spiro atoms. The standard InChI is InChI=1S/C12H20N6/c1-8(2)9(3)17(4)12-11-14-5-6-18(11)7-10(15-12)16-13/h5-9,16H,13H2,1-4H3. The van der Waals surface area contributed by atoms with E-state index in [-0.39, 0.29) is 0 Å². The molecule has 0 saturated carbocycles.